The van der Waals surface area contributed by atoms with Gasteiger partial charge in [-0.1, -0.05) is 96.8 Å². The van der Waals surface area contributed by atoms with E-state index < -0.39 is 24.1 Å². The zero-order chi connectivity index (χ0) is 19.0. The Morgan fingerprint density at radius 3 is 1.48 bits per heavy atom. The van der Waals surface area contributed by atoms with Crippen molar-refractivity contribution in [1.82, 2.24) is 0 Å². The lowest BCUT2D eigenvalue weighted by Gasteiger charge is -2.29. The van der Waals surface area contributed by atoms with Gasteiger partial charge in [0.25, 0.3) is 0 Å². The summed E-state index contributed by atoms with van der Waals surface area (Å²) in [5.74, 6) is -0.498. The minimum Gasteiger partial charge on any atom is -0.393 e. The molecule has 4 nitrogen and oxygen atoms in total. The summed E-state index contributed by atoms with van der Waals surface area (Å²) in [6, 6.07) is 0. The van der Waals surface area contributed by atoms with Gasteiger partial charge in [0.2, 0.25) is 0 Å². The third kappa shape index (κ3) is 12.5. The van der Waals surface area contributed by atoms with E-state index in [0.717, 1.165) is 19.3 Å². The standard InChI is InChI=1S/C21H42O4/c1-3-4-5-6-7-8-9-10-11-12-13-14-15-16-17-21(25,18-22)20(24)19(2)23/h20,22,24-25H,3-18H2,1-2H3. The summed E-state index contributed by atoms with van der Waals surface area (Å²) in [4.78, 5) is 11.2. The number of carbonyl (C=O) groups excluding carboxylic acids is 1. The summed E-state index contributed by atoms with van der Waals surface area (Å²) in [7, 11) is 0. The van der Waals surface area contributed by atoms with Gasteiger partial charge in [-0.05, 0) is 13.3 Å². The van der Waals surface area contributed by atoms with Crippen LogP contribution < -0.4 is 0 Å². The second kappa shape index (κ2) is 15.8. The number of aliphatic hydroxyl groups is 3. The first-order valence-corrected chi connectivity index (χ1v) is 10.5. The Kier molecular flexibility index (Phi) is 15.5. The highest BCUT2D eigenvalue weighted by atomic mass is 16.4. The average molecular weight is 359 g/mol. The molecule has 4 heteroatoms. The maximum absolute atomic E-state index is 11.2. The molecule has 2 atom stereocenters. The van der Waals surface area contributed by atoms with Crippen LogP contribution in [-0.2, 0) is 4.79 Å². The molecule has 0 saturated carbocycles. The van der Waals surface area contributed by atoms with Crippen LogP contribution in [0.2, 0.25) is 0 Å². The molecule has 0 rings (SSSR count). The van der Waals surface area contributed by atoms with E-state index in [1.807, 2.05) is 0 Å². The Labute approximate surface area is 155 Å². The second-order valence-corrected chi connectivity index (χ2v) is 7.62. The fourth-order valence-corrected chi connectivity index (χ4v) is 3.31. The summed E-state index contributed by atoms with van der Waals surface area (Å²) in [6.45, 7) is 2.91. The number of hydrogen-bond donors (Lipinski definition) is 3. The quantitative estimate of drug-likeness (QED) is 0.315. The van der Waals surface area contributed by atoms with Crippen LogP contribution in [0.3, 0.4) is 0 Å². The van der Waals surface area contributed by atoms with Crippen LogP contribution in [0.4, 0.5) is 0 Å². The lowest BCUT2D eigenvalue weighted by atomic mass is 9.89. The SMILES string of the molecule is CCCCCCCCCCCCCCCCC(O)(CO)C(O)C(C)=O. The molecular weight excluding hydrogens is 316 g/mol. The van der Waals surface area contributed by atoms with Gasteiger partial charge in [-0.3, -0.25) is 4.79 Å². The molecule has 2 unspecified atom stereocenters. The molecule has 0 saturated heterocycles. The predicted molar refractivity (Wildman–Crippen MR) is 104 cm³/mol. The number of unbranched alkanes of at least 4 members (excludes halogenated alkanes) is 13. The Bertz CT molecular complexity index is 319. The van der Waals surface area contributed by atoms with Gasteiger partial charge >= 0.3 is 0 Å². The monoisotopic (exact) mass is 358 g/mol. The van der Waals surface area contributed by atoms with E-state index in [-0.39, 0.29) is 6.42 Å². The first-order chi connectivity index (χ1) is 12.0. The molecule has 3 N–H and O–H groups in total. The van der Waals surface area contributed by atoms with Crippen LogP contribution in [0.5, 0.6) is 0 Å². The van der Waals surface area contributed by atoms with Crippen LogP contribution in [0.1, 0.15) is 110 Å². The molecular formula is C21H42O4. The van der Waals surface area contributed by atoms with Gasteiger partial charge in [0.1, 0.15) is 11.7 Å². The molecule has 25 heavy (non-hydrogen) atoms. The van der Waals surface area contributed by atoms with Crippen molar-refractivity contribution in [2.75, 3.05) is 6.61 Å². The third-order valence-corrected chi connectivity index (χ3v) is 5.13. The van der Waals surface area contributed by atoms with Crippen molar-refractivity contribution in [2.45, 2.75) is 122 Å². The lowest BCUT2D eigenvalue weighted by Crippen LogP contribution is -2.49. The van der Waals surface area contributed by atoms with Crippen molar-refractivity contribution in [3.8, 4) is 0 Å². The maximum atomic E-state index is 11.2. The lowest BCUT2D eigenvalue weighted by molar-refractivity contribution is -0.149. The van der Waals surface area contributed by atoms with Gasteiger partial charge in [-0.2, -0.15) is 0 Å². The molecule has 0 bridgehead atoms. The van der Waals surface area contributed by atoms with Gasteiger partial charge in [-0.25, -0.2) is 0 Å². The zero-order valence-corrected chi connectivity index (χ0v) is 16.6. The normalized spacial score (nSPS) is 15.1. The van der Waals surface area contributed by atoms with E-state index in [1.165, 1.54) is 77.6 Å². The van der Waals surface area contributed by atoms with Crippen molar-refractivity contribution < 1.29 is 20.1 Å². The molecule has 0 aromatic heterocycles. The number of carbonyl (C=O) groups is 1. The van der Waals surface area contributed by atoms with Crippen molar-refractivity contribution >= 4 is 5.78 Å². The van der Waals surface area contributed by atoms with Crippen LogP contribution >= 0.6 is 0 Å². The molecule has 0 heterocycles. The second-order valence-electron chi connectivity index (χ2n) is 7.62. The Balaban J connectivity index is 3.45. The van der Waals surface area contributed by atoms with Gasteiger partial charge in [0.05, 0.1) is 6.61 Å². The van der Waals surface area contributed by atoms with Crippen LogP contribution in [0.15, 0.2) is 0 Å². The van der Waals surface area contributed by atoms with E-state index in [9.17, 15) is 20.1 Å². The smallest absolute Gasteiger partial charge is 0.161 e. The summed E-state index contributed by atoms with van der Waals surface area (Å²) in [6.07, 6.45) is 16.3. The molecule has 0 aliphatic rings. The Morgan fingerprint density at radius 2 is 1.16 bits per heavy atom. The fraction of sp³-hybridized carbons (Fsp3) is 0.952. The van der Waals surface area contributed by atoms with Crippen molar-refractivity contribution in [1.29, 1.82) is 0 Å². The molecule has 0 radical (unpaired) electrons. The van der Waals surface area contributed by atoms with Crippen LogP contribution in [-0.4, -0.2) is 39.4 Å². The summed E-state index contributed by atoms with van der Waals surface area (Å²) in [5, 5.41) is 29.1. The molecule has 0 amide bonds. The number of rotatable bonds is 18. The van der Waals surface area contributed by atoms with Crippen molar-refractivity contribution in [3.63, 3.8) is 0 Å². The van der Waals surface area contributed by atoms with Crippen molar-refractivity contribution in [2.24, 2.45) is 0 Å². The average Bonchev–Trinajstić information content (AvgIpc) is 2.61. The summed E-state index contributed by atoms with van der Waals surface area (Å²) in [5.41, 5.74) is -1.68. The highest BCUT2D eigenvalue weighted by Gasteiger charge is 2.37. The molecule has 0 aliphatic carbocycles. The maximum Gasteiger partial charge on any atom is 0.161 e. The predicted octanol–water partition coefficient (Wildman–Crippen LogP) is 4.53. The first-order valence-electron chi connectivity index (χ1n) is 10.5. The first kappa shape index (κ1) is 24.6. The number of aliphatic hydroxyl groups excluding tert-OH is 2. The molecule has 150 valence electrons. The highest BCUT2D eigenvalue weighted by molar-refractivity contribution is 5.81. The minimum absolute atomic E-state index is 0.266. The molecule has 0 aromatic rings. The van der Waals surface area contributed by atoms with E-state index >= 15 is 0 Å². The summed E-state index contributed by atoms with van der Waals surface area (Å²) >= 11 is 0. The van der Waals surface area contributed by atoms with Gasteiger partial charge in [0, 0.05) is 0 Å². The molecule has 0 aliphatic heterocycles. The number of hydrogen-bond acceptors (Lipinski definition) is 4. The van der Waals surface area contributed by atoms with Crippen LogP contribution in [0.25, 0.3) is 0 Å². The number of Topliss-reactive ketones (excluding diaryl/α,β-unsaturated/α-hetero) is 1. The largest absolute Gasteiger partial charge is 0.393 e. The highest BCUT2D eigenvalue weighted by Crippen LogP contribution is 2.21. The topological polar surface area (TPSA) is 77.8 Å². The van der Waals surface area contributed by atoms with E-state index in [0.29, 0.717) is 0 Å². The molecule has 0 spiro atoms. The van der Waals surface area contributed by atoms with Gasteiger partial charge < -0.3 is 15.3 Å². The van der Waals surface area contributed by atoms with Gasteiger partial charge in [0.15, 0.2) is 5.78 Å². The van der Waals surface area contributed by atoms with Gasteiger partial charge in [-0.15, -0.1) is 0 Å². The van der Waals surface area contributed by atoms with E-state index in [4.69, 9.17) is 0 Å². The molecule has 0 fully saturated rings. The molecule has 0 aromatic carbocycles. The van der Waals surface area contributed by atoms with E-state index in [1.54, 1.807) is 0 Å². The fourth-order valence-electron chi connectivity index (χ4n) is 3.31. The summed E-state index contributed by atoms with van der Waals surface area (Å²) < 4.78 is 0. The Hall–Kier alpha value is -0.450. The number of ketones is 1. The van der Waals surface area contributed by atoms with Crippen LogP contribution in [0, 0.1) is 0 Å². The Morgan fingerprint density at radius 1 is 0.800 bits per heavy atom. The van der Waals surface area contributed by atoms with E-state index in [2.05, 4.69) is 6.92 Å². The minimum atomic E-state index is -1.68. The zero-order valence-electron chi connectivity index (χ0n) is 16.6. The third-order valence-electron chi connectivity index (χ3n) is 5.13. The van der Waals surface area contributed by atoms with Crippen molar-refractivity contribution in [3.05, 3.63) is 0 Å².